The van der Waals surface area contributed by atoms with Crippen molar-refractivity contribution >= 4 is 21.6 Å². The Kier molecular flexibility index (Phi) is 5.74. The normalized spacial score (nSPS) is 12.6. The first-order valence-corrected chi connectivity index (χ1v) is 9.15. The van der Waals surface area contributed by atoms with Gasteiger partial charge in [0.2, 0.25) is 10.0 Å². The van der Waals surface area contributed by atoms with Gasteiger partial charge >= 0.3 is 0 Å². The smallest absolute Gasteiger partial charge is 0.244 e. The van der Waals surface area contributed by atoms with Gasteiger partial charge in [-0.3, -0.25) is 5.43 Å². The average molecular weight is 350 g/mol. The maximum Gasteiger partial charge on any atom is 0.244 e. The largest absolute Gasteiger partial charge is 0.460 e. The van der Waals surface area contributed by atoms with Crippen LogP contribution < -0.4 is 5.43 Å². The maximum absolute atomic E-state index is 12.4. The molecule has 0 unspecified atom stereocenters. The highest BCUT2D eigenvalue weighted by atomic mass is 32.2. The molecular weight excluding hydrogens is 328 g/mol. The summed E-state index contributed by atoms with van der Waals surface area (Å²) in [7, 11) is -3.50. The van der Waals surface area contributed by atoms with E-state index in [1.165, 1.54) is 16.6 Å². The zero-order valence-electron chi connectivity index (χ0n) is 14.3. The summed E-state index contributed by atoms with van der Waals surface area (Å²) in [6.45, 7) is 8.12. The number of hydrogen-bond acceptors (Lipinski definition) is 6. The summed E-state index contributed by atoms with van der Waals surface area (Å²) in [5.41, 5.74) is 3.47. The van der Waals surface area contributed by atoms with E-state index in [9.17, 15) is 8.42 Å². The molecule has 0 spiro atoms. The van der Waals surface area contributed by atoms with E-state index in [0.29, 0.717) is 30.4 Å². The van der Waals surface area contributed by atoms with Gasteiger partial charge in [0, 0.05) is 19.3 Å². The molecular formula is C16H22N4O3S. The lowest BCUT2D eigenvalue weighted by atomic mass is 10.3. The Balaban J connectivity index is 2.12. The maximum atomic E-state index is 12.4. The first-order chi connectivity index (χ1) is 11.4. The third kappa shape index (κ3) is 4.01. The van der Waals surface area contributed by atoms with Crippen LogP contribution in [0.2, 0.25) is 0 Å². The van der Waals surface area contributed by atoms with E-state index in [0.717, 1.165) is 5.76 Å². The second kappa shape index (κ2) is 7.59. The van der Waals surface area contributed by atoms with Crippen LogP contribution in [0.15, 0.2) is 44.9 Å². The van der Waals surface area contributed by atoms with Crippen molar-refractivity contribution in [2.24, 2.45) is 5.10 Å². The van der Waals surface area contributed by atoms with Crippen LogP contribution in [0.1, 0.15) is 32.3 Å². The van der Waals surface area contributed by atoms with Crippen LogP contribution in [0.5, 0.6) is 0 Å². The number of nitrogens with zero attached hydrogens (tertiary/aromatic N) is 3. The van der Waals surface area contributed by atoms with E-state index in [1.54, 1.807) is 19.9 Å². The van der Waals surface area contributed by atoms with E-state index in [2.05, 4.69) is 15.5 Å². The second-order valence-corrected chi connectivity index (χ2v) is 7.13. The molecule has 0 fully saturated rings. The minimum Gasteiger partial charge on any atom is -0.460 e. The molecule has 0 amide bonds. The molecule has 7 nitrogen and oxygen atoms in total. The van der Waals surface area contributed by atoms with Crippen molar-refractivity contribution in [2.75, 3.05) is 18.5 Å². The van der Waals surface area contributed by atoms with Crippen molar-refractivity contribution in [1.82, 2.24) is 9.29 Å². The molecule has 2 rings (SSSR count). The lowest BCUT2D eigenvalue weighted by molar-refractivity contribution is 0.445. The highest BCUT2D eigenvalue weighted by molar-refractivity contribution is 7.89. The topological polar surface area (TPSA) is 87.8 Å². The SMILES string of the molecule is CCN(CC)S(=O)(=O)c1ccc(N/N=C(\C)c2ccc(C)o2)nc1. The zero-order chi connectivity index (χ0) is 17.7. The molecule has 2 heterocycles. The summed E-state index contributed by atoms with van der Waals surface area (Å²) in [5.74, 6) is 1.93. The van der Waals surface area contributed by atoms with Crippen molar-refractivity contribution in [1.29, 1.82) is 0 Å². The van der Waals surface area contributed by atoms with Crippen LogP contribution in [0.4, 0.5) is 5.82 Å². The van der Waals surface area contributed by atoms with Crippen LogP contribution >= 0.6 is 0 Å². The zero-order valence-corrected chi connectivity index (χ0v) is 15.1. The number of pyridine rings is 1. The van der Waals surface area contributed by atoms with Crippen LogP contribution in [-0.2, 0) is 10.0 Å². The molecule has 0 aromatic carbocycles. The average Bonchev–Trinajstić information content (AvgIpc) is 3.00. The number of hydrazone groups is 1. The van der Waals surface area contributed by atoms with Gasteiger partial charge < -0.3 is 4.42 Å². The van der Waals surface area contributed by atoms with Crippen molar-refractivity contribution in [3.63, 3.8) is 0 Å². The number of furan rings is 1. The van der Waals surface area contributed by atoms with E-state index < -0.39 is 10.0 Å². The van der Waals surface area contributed by atoms with Crippen LogP contribution in [0.3, 0.4) is 0 Å². The summed E-state index contributed by atoms with van der Waals surface area (Å²) in [4.78, 5) is 4.28. The van der Waals surface area contributed by atoms with E-state index in [1.807, 2.05) is 26.0 Å². The molecule has 0 saturated carbocycles. The monoisotopic (exact) mass is 350 g/mol. The summed E-state index contributed by atoms with van der Waals surface area (Å²) in [5, 5.41) is 4.19. The number of rotatable bonds is 7. The van der Waals surface area contributed by atoms with Gasteiger partial charge in [-0.1, -0.05) is 13.8 Å². The van der Waals surface area contributed by atoms with Crippen LogP contribution in [0.25, 0.3) is 0 Å². The summed E-state index contributed by atoms with van der Waals surface area (Å²) in [6, 6.07) is 6.80. The second-order valence-electron chi connectivity index (χ2n) is 5.19. The molecule has 0 aliphatic heterocycles. The fourth-order valence-corrected chi connectivity index (χ4v) is 3.54. The molecule has 0 radical (unpaired) electrons. The van der Waals surface area contributed by atoms with Gasteiger partial charge in [-0.05, 0) is 38.1 Å². The van der Waals surface area contributed by atoms with Crippen molar-refractivity contribution in [3.8, 4) is 0 Å². The molecule has 0 atom stereocenters. The Morgan fingerprint density at radius 1 is 1.25 bits per heavy atom. The summed E-state index contributed by atoms with van der Waals surface area (Å²) >= 11 is 0. The van der Waals surface area contributed by atoms with E-state index in [4.69, 9.17) is 4.42 Å². The van der Waals surface area contributed by atoms with Gasteiger partial charge in [-0.2, -0.15) is 9.41 Å². The fraction of sp³-hybridized carbons (Fsp3) is 0.375. The van der Waals surface area contributed by atoms with Gasteiger partial charge in [-0.15, -0.1) is 0 Å². The molecule has 0 aliphatic carbocycles. The highest BCUT2D eigenvalue weighted by Gasteiger charge is 2.21. The fourth-order valence-electron chi connectivity index (χ4n) is 2.14. The molecule has 0 bridgehead atoms. The van der Waals surface area contributed by atoms with Crippen molar-refractivity contribution in [2.45, 2.75) is 32.6 Å². The number of sulfonamides is 1. The Morgan fingerprint density at radius 2 is 1.96 bits per heavy atom. The van der Waals surface area contributed by atoms with Crippen molar-refractivity contribution in [3.05, 3.63) is 42.0 Å². The Labute approximate surface area is 142 Å². The molecule has 0 saturated heterocycles. The van der Waals surface area contributed by atoms with Gasteiger partial charge in [-0.25, -0.2) is 13.4 Å². The Hall–Kier alpha value is -2.19. The third-order valence-corrected chi connectivity index (χ3v) is 5.55. The Morgan fingerprint density at radius 3 is 2.46 bits per heavy atom. The number of aryl methyl sites for hydroxylation is 1. The highest BCUT2D eigenvalue weighted by Crippen LogP contribution is 2.16. The minimum atomic E-state index is -3.50. The number of nitrogens with one attached hydrogen (secondary N) is 1. The molecule has 0 aliphatic rings. The third-order valence-electron chi connectivity index (χ3n) is 3.51. The predicted octanol–water partition coefficient (Wildman–Crippen LogP) is 2.85. The van der Waals surface area contributed by atoms with Gasteiger partial charge in [0.1, 0.15) is 27.9 Å². The molecule has 2 aromatic heterocycles. The van der Waals surface area contributed by atoms with Crippen LogP contribution in [0, 0.1) is 6.92 Å². The Bertz CT molecular complexity index is 806. The van der Waals surface area contributed by atoms with E-state index >= 15 is 0 Å². The molecule has 8 heteroatoms. The number of hydrogen-bond donors (Lipinski definition) is 1. The minimum absolute atomic E-state index is 0.166. The number of aromatic nitrogens is 1. The number of anilines is 1. The van der Waals surface area contributed by atoms with Gasteiger partial charge in [0.15, 0.2) is 0 Å². The molecule has 24 heavy (non-hydrogen) atoms. The molecule has 2 aromatic rings. The standard InChI is InChI=1S/C16H22N4O3S/c1-5-20(6-2)24(21,22)14-8-10-16(17-11-14)19-18-13(4)15-9-7-12(3)23-15/h7-11H,5-6H2,1-4H3,(H,17,19)/b18-13+. The summed E-state index contributed by atoms with van der Waals surface area (Å²) < 4.78 is 31.6. The first kappa shape index (κ1) is 18.2. The summed E-state index contributed by atoms with van der Waals surface area (Å²) in [6.07, 6.45) is 1.33. The molecule has 1 N–H and O–H groups in total. The lowest BCUT2D eigenvalue weighted by Crippen LogP contribution is -2.30. The predicted molar refractivity (Wildman–Crippen MR) is 93.6 cm³/mol. The van der Waals surface area contributed by atoms with E-state index in [-0.39, 0.29) is 4.90 Å². The van der Waals surface area contributed by atoms with Crippen molar-refractivity contribution < 1.29 is 12.8 Å². The lowest BCUT2D eigenvalue weighted by Gasteiger charge is -2.18. The van der Waals surface area contributed by atoms with Gasteiger partial charge in [0.05, 0.1) is 0 Å². The first-order valence-electron chi connectivity index (χ1n) is 7.71. The molecule has 130 valence electrons. The van der Waals surface area contributed by atoms with Gasteiger partial charge in [0.25, 0.3) is 0 Å². The van der Waals surface area contributed by atoms with Crippen LogP contribution in [-0.4, -0.2) is 36.5 Å². The quantitative estimate of drug-likeness (QED) is 0.613.